The summed E-state index contributed by atoms with van der Waals surface area (Å²) in [4.78, 5) is 7.22. The predicted octanol–water partition coefficient (Wildman–Crippen LogP) is 2.62. The lowest BCUT2D eigenvalue weighted by atomic mass is 10.2. The maximum Gasteiger partial charge on any atom is 0.240 e. The first-order valence-electron chi connectivity index (χ1n) is 11.3. The number of benzene rings is 1. The van der Waals surface area contributed by atoms with Crippen molar-refractivity contribution in [2.75, 3.05) is 26.2 Å². The van der Waals surface area contributed by atoms with Crippen molar-refractivity contribution in [3.63, 3.8) is 0 Å². The van der Waals surface area contributed by atoms with Gasteiger partial charge >= 0.3 is 0 Å². The average molecular weight is 457 g/mol. The van der Waals surface area contributed by atoms with Crippen LogP contribution in [0.5, 0.6) is 5.88 Å². The molecular weight excluding hydrogens is 432 g/mol. The number of nitrogens with zero attached hydrogens (tertiary/aromatic N) is 7. The van der Waals surface area contributed by atoms with Crippen molar-refractivity contribution in [1.82, 2.24) is 40.2 Å². The topological polar surface area (TPSA) is 106 Å². The van der Waals surface area contributed by atoms with Crippen LogP contribution in [0.3, 0.4) is 0 Å². The van der Waals surface area contributed by atoms with E-state index in [-0.39, 0.29) is 0 Å². The molecule has 0 atom stereocenters. The van der Waals surface area contributed by atoms with Crippen LogP contribution in [0.15, 0.2) is 53.1 Å². The van der Waals surface area contributed by atoms with E-state index in [4.69, 9.17) is 19.3 Å². The standard InChI is InChI=1S/C24H24N8O2/c1-16-13-21(30-34-16)23-28-27-22-19-7-2-3-8-20(19)24(29-32(22)23)33-15-18-6-4-5-17(26-18)14-31-11-9-25-10-12-31/h2-8,13,25H,9-12,14-15H2,1H3. The number of aromatic nitrogens is 6. The zero-order valence-electron chi connectivity index (χ0n) is 18.8. The molecule has 4 aromatic heterocycles. The lowest BCUT2D eigenvalue weighted by molar-refractivity contribution is 0.229. The highest BCUT2D eigenvalue weighted by Crippen LogP contribution is 2.29. The highest BCUT2D eigenvalue weighted by Gasteiger charge is 2.18. The molecule has 0 radical (unpaired) electrons. The molecule has 5 aromatic rings. The Kier molecular flexibility index (Phi) is 5.36. The van der Waals surface area contributed by atoms with Crippen LogP contribution in [0.1, 0.15) is 17.1 Å². The minimum absolute atomic E-state index is 0.304. The normalized spacial score (nSPS) is 14.7. The van der Waals surface area contributed by atoms with Crippen molar-refractivity contribution in [1.29, 1.82) is 0 Å². The second-order valence-electron chi connectivity index (χ2n) is 8.37. The summed E-state index contributed by atoms with van der Waals surface area (Å²) in [6.45, 7) is 7.07. The fourth-order valence-electron chi connectivity index (χ4n) is 4.23. The number of ether oxygens (including phenoxy) is 1. The Morgan fingerprint density at radius 1 is 1.00 bits per heavy atom. The molecule has 1 aliphatic rings. The number of nitrogens with one attached hydrogen (secondary N) is 1. The van der Waals surface area contributed by atoms with Crippen molar-refractivity contribution in [2.45, 2.75) is 20.1 Å². The summed E-state index contributed by atoms with van der Waals surface area (Å²) in [6, 6.07) is 15.8. The molecule has 0 unspecified atom stereocenters. The molecule has 34 heavy (non-hydrogen) atoms. The lowest BCUT2D eigenvalue weighted by Crippen LogP contribution is -2.43. The molecule has 1 aromatic carbocycles. The Labute approximate surface area is 195 Å². The van der Waals surface area contributed by atoms with Crippen LogP contribution in [0.2, 0.25) is 0 Å². The van der Waals surface area contributed by atoms with Crippen LogP contribution in [0.4, 0.5) is 0 Å². The molecule has 5 heterocycles. The second kappa shape index (κ2) is 8.81. The van der Waals surface area contributed by atoms with Crippen LogP contribution >= 0.6 is 0 Å². The van der Waals surface area contributed by atoms with Crippen LogP contribution in [-0.4, -0.2) is 61.0 Å². The molecule has 0 amide bonds. The first kappa shape index (κ1) is 20.7. The van der Waals surface area contributed by atoms with Gasteiger partial charge in [-0.1, -0.05) is 29.4 Å². The molecule has 1 aliphatic heterocycles. The summed E-state index contributed by atoms with van der Waals surface area (Å²) in [6.07, 6.45) is 0. The molecule has 1 fully saturated rings. The highest BCUT2D eigenvalue weighted by molar-refractivity contribution is 5.96. The molecule has 0 bridgehead atoms. The number of hydrogen-bond donors (Lipinski definition) is 1. The monoisotopic (exact) mass is 456 g/mol. The van der Waals surface area contributed by atoms with Gasteiger partial charge in [0, 0.05) is 49.6 Å². The number of hydrogen-bond acceptors (Lipinski definition) is 9. The van der Waals surface area contributed by atoms with E-state index >= 15 is 0 Å². The largest absolute Gasteiger partial charge is 0.470 e. The van der Waals surface area contributed by atoms with Crippen molar-refractivity contribution in [3.8, 4) is 17.4 Å². The van der Waals surface area contributed by atoms with E-state index in [0.717, 1.165) is 54.9 Å². The van der Waals surface area contributed by atoms with Gasteiger partial charge in [0.05, 0.1) is 11.4 Å². The molecular formula is C24H24N8O2. The predicted molar refractivity (Wildman–Crippen MR) is 125 cm³/mol. The fraction of sp³-hybridized carbons (Fsp3) is 0.292. The summed E-state index contributed by atoms with van der Waals surface area (Å²) in [5, 5.41) is 22.6. The van der Waals surface area contributed by atoms with Crippen molar-refractivity contribution < 1.29 is 9.26 Å². The lowest BCUT2D eigenvalue weighted by Gasteiger charge is -2.26. The molecule has 10 heteroatoms. The molecule has 172 valence electrons. The van der Waals surface area contributed by atoms with Gasteiger partial charge in [-0.05, 0) is 25.1 Å². The van der Waals surface area contributed by atoms with Gasteiger partial charge in [-0.3, -0.25) is 9.88 Å². The molecule has 1 saturated heterocycles. The summed E-state index contributed by atoms with van der Waals surface area (Å²) in [7, 11) is 0. The third-order valence-corrected chi connectivity index (χ3v) is 5.90. The zero-order chi connectivity index (χ0) is 22.9. The smallest absolute Gasteiger partial charge is 0.240 e. The molecule has 1 N–H and O–H groups in total. The Balaban J connectivity index is 1.31. The summed E-state index contributed by atoms with van der Waals surface area (Å²) < 4.78 is 13.1. The van der Waals surface area contributed by atoms with Crippen molar-refractivity contribution >= 4 is 16.4 Å². The van der Waals surface area contributed by atoms with E-state index in [0.29, 0.717) is 35.4 Å². The van der Waals surface area contributed by atoms with E-state index < -0.39 is 0 Å². The minimum Gasteiger partial charge on any atom is -0.470 e. The van der Waals surface area contributed by atoms with Gasteiger partial charge in [0.2, 0.25) is 11.7 Å². The molecule has 10 nitrogen and oxygen atoms in total. The minimum atomic E-state index is 0.304. The molecule has 0 saturated carbocycles. The average Bonchev–Trinajstić information content (AvgIpc) is 3.49. The third-order valence-electron chi connectivity index (χ3n) is 5.90. The second-order valence-corrected chi connectivity index (χ2v) is 8.37. The van der Waals surface area contributed by atoms with Crippen molar-refractivity contribution in [2.24, 2.45) is 0 Å². The van der Waals surface area contributed by atoms with Crippen LogP contribution in [-0.2, 0) is 13.2 Å². The highest BCUT2D eigenvalue weighted by atomic mass is 16.5. The summed E-state index contributed by atoms with van der Waals surface area (Å²) in [5.41, 5.74) is 3.10. The number of piperazine rings is 1. The SMILES string of the molecule is Cc1cc(-c2nnc3c4ccccc4c(OCc4cccc(CN5CCNCC5)n4)nn23)no1. The number of pyridine rings is 1. The van der Waals surface area contributed by atoms with Gasteiger partial charge < -0.3 is 14.6 Å². The van der Waals surface area contributed by atoms with E-state index in [9.17, 15) is 0 Å². The van der Waals surface area contributed by atoms with Gasteiger partial charge in [0.15, 0.2) is 11.3 Å². The van der Waals surface area contributed by atoms with Gasteiger partial charge in [-0.15, -0.1) is 15.3 Å². The van der Waals surface area contributed by atoms with E-state index in [1.54, 1.807) is 4.52 Å². The van der Waals surface area contributed by atoms with E-state index in [2.05, 4.69) is 31.6 Å². The molecule has 0 spiro atoms. The number of rotatable bonds is 6. The molecule has 0 aliphatic carbocycles. The van der Waals surface area contributed by atoms with Gasteiger partial charge in [-0.2, -0.15) is 4.52 Å². The van der Waals surface area contributed by atoms with Gasteiger partial charge in [0.25, 0.3) is 0 Å². The fourth-order valence-corrected chi connectivity index (χ4v) is 4.23. The number of aryl methyl sites for hydroxylation is 1. The first-order chi connectivity index (χ1) is 16.7. The summed E-state index contributed by atoms with van der Waals surface area (Å²) in [5.74, 6) is 1.67. The Morgan fingerprint density at radius 3 is 2.65 bits per heavy atom. The Bertz CT molecular complexity index is 1450. The van der Waals surface area contributed by atoms with Crippen LogP contribution in [0, 0.1) is 6.92 Å². The van der Waals surface area contributed by atoms with E-state index in [1.165, 1.54) is 0 Å². The van der Waals surface area contributed by atoms with E-state index in [1.807, 2.05) is 49.4 Å². The Hall–Kier alpha value is -3.89. The van der Waals surface area contributed by atoms with Crippen LogP contribution in [0.25, 0.3) is 27.9 Å². The first-order valence-corrected chi connectivity index (χ1v) is 11.3. The van der Waals surface area contributed by atoms with Gasteiger partial charge in [0.1, 0.15) is 12.4 Å². The maximum absolute atomic E-state index is 6.21. The Morgan fingerprint density at radius 2 is 1.82 bits per heavy atom. The molecule has 6 rings (SSSR count). The third kappa shape index (κ3) is 3.97. The zero-order valence-corrected chi connectivity index (χ0v) is 18.8. The quantitative estimate of drug-likeness (QED) is 0.413. The van der Waals surface area contributed by atoms with Gasteiger partial charge in [-0.25, -0.2) is 0 Å². The van der Waals surface area contributed by atoms with Crippen LogP contribution < -0.4 is 10.1 Å². The van der Waals surface area contributed by atoms with Crippen molar-refractivity contribution in [3.05, 3.63) is 65.7 Å². The maximum atomic E-state index is 6.21. The summed E-state index contributed by atoms with van der Waals surface area (Å²) >= 11 is 0. The number of fused-ring (bicyclic) bond motifs is 3.